The van der Waals surface area contributed by atoms with Crippen molar-refractivity contribution in [1.29, 1.82) is 0 Å². The van der Waals surface area contributed by atoms with Crippen molar-refractivity contribution >= 4 is 23.5 Å². The predicted molar refractivity (Wildman–Crippen MR) is 62.3 cm³/mol. The van der Waals surface area contributed by atoms with Crippen molar-refractivity contribution in [2.24, 2.45) is 0 Å². The topological polar surface area (TPSA) is 77.8 Å². The normalized spacial score (nSPS) is 10.0. The Kier molecular flexibility index (Phi) is 4.34. The lowest BCUT2D eigenvalue weighted by Crippen LogP contribution is -2.35. The second-order valence-electron chi connectivity index (χ2n) is 3.38. The Morgan fingerprint density at radius 2 is 2.06 bits per heavy atom. The predicted octanol–water partition coefficient (Wildman–Crippen LogP) is 1.59. The highest BCUT2D eigenvalue weighted by Crippen LogP contribution is 2.24. The summed E-state index contributed by atoms with van der Waals surface area (Å²) < 4.78 is 0. The van der Waals surface area contributed by atoms with Crippen LogP contribution in [0.4, 0.5) is 0 Å². The summed E-state index contributed by atoms with van der Waals surface area (Å²) in [4.78, 5) is 23.6. The van der Waals surface area contributed by atoms with E-state index in [0.29, 0.717) is 0 Å². The third-order valence-corrected chi connectivity index (χ3v) is 2.49. The lowest BCUT2D eigenvalue weighted by Gasteiger charge is -2.18. The molecular formula is C11H12ClNO4. The van der Waals surface area contributed by atoms with E-state index >= 15 is 0 Å². The second-order valence-corrected chi connectivity index (χ2v) is 3.79. The van der Waals surface area contributed by atoms with E-state index in [2.05, 4.69) is 0 Å². The van der Waals surface area contributed by atoms with Gasteiger partial charge in [-0.2, -0.15) is 0 Å². The number of phenolic OH excluding ortho intramolecular Hbond substituents is 1. The maximum absolute atomic E-state index is 11.9. The summed E-state index contributed by atoms with van der Waals surface area (Å²) in [6, 6.07) is 4.00. The van der Waals surface area contributed by atoms with Gasteiger partial charge in [-0.1, -0.05) is 11.6 Å². The van der Waals surface area contributed by atoms with Crippen LogP contribution in [-0.4, -0.2) is 40.1 Å². The number of halogens is 1. The number of benzene rings is 1. The van der Waals surface area contributed by atoms with Crippen LogP contribution in [0.3, 0.4) is 0 Å². The number of carboxylic acids is 1. The van der Waals surface area contributed by atoms with Gasteiger partial charge in [0.05, 0.1) is 5.02 Å². The molecule has 1 aromatic carbocycles. The summed E-state index contributed by atoms with van der Waals surface area (Å²) in [6.45, 7) is 1.60. The van der Waals surface area contributed by atoms with E-state index in [1.165, 1.54) is 23.1 Å². The zero-order chi connectivity index (χ0) is 13.0. The van der Waals surface area contributed by atoms with Gasteiger partial charge in [-0.3, -0.25) is 9.59 Å². The third kappa shape index (κ3) is 3.35. The summed E-state index contributed by atoms with van der Waals surface area (Å²) in [7, 11) is 0. The molecule has 1 aromatic rings. The lowest BCUT2D eigenvalue weighted by atomic mass is 10.2. The number of nitrogens with zero attached hydrogens (tertiary/aromatic N) is 1. The van der Waals surface area contributed by atoms with E-state index in [1.807, 2.05) is 0 Å². The molecule has 0 heterocycles. The quantitative estimate of drug-likeness (QED) is 0.859. The smallest absolute Gasteiger partial charge is 0.323 e. The summed E-state index contributed by atoms with van der Waals surface area (Å²) in [5, 5.41) is 17.9. The fourth-order valence-corrected chi connectivity index (χ4v) is 1.49. The van der Waals surface area contributed by atoms with E-state index in [9.17, 15) is 14.7 Å². The summed E-state index contributed by atoms with van der Waals surface area (Å²) in [5.41, 5.74) is 0.246. The molecule has 0 aliphatic heterocycles. The largest absolute Gasteiger partial charge is 0.506 e. The van der Waals surface area contributed by atoms with Crippen LogP contribution in [0.5, 0.6) is 5.75 Å². The Labute approximate surface area is 103 Å². The van der Waals surface area contributed by atoms with E-state index in [4.69, 9.17) is 16.7 Å². The van der Waals surface area contributed by atoms with Crippen LogP contribution in [0, 0.1) is 0 Å². The molecule has 17 heavy (non-hydrogen) atoms. The van der Waals surface area contributed by atoms with Gasteiger partial charge in [-0.25, -0.2) is 0 Å². The number of rotatable bonds is 4. The first-order chi connectivity index (χ1) is 7.95. The van der Waals surface area contributed by atoms with E-state index < -0.39 is 11.9 Å². The molecule has 0 aliphatic rings. The van der Waals surface area contributed by atoms with E-state index in [1.54, 1.807) is 6.92 Å². The number of phenols is 1. The number of hydrogen-bond donors (Lipinski definition) is 2. The van der Waals surface area contributed by atoms with Gasteiger partial charge in [0.25, 0.3) is 5.91 Å². The zero-order valence-electron chi connectivity index (χ0n) is 9.18. The number of amides is 1. The summed E-state index contributed by atoms with van der Waals surface area (Å²) in [6.07, 6.45) is 0. The fraction of sp³-hybridized carbons (Fsp3) is 0.273. The molecule has 0 atom stereocenters. The first-order valence-electron chi connectivity index (χ1n) is 4.95. The molecule has 0 unspecified atom stereocenters. The van der Waals surface area contributed by atoms with Crippen LogP contribution in [0.2, 0.25) is 5.02 Å². The van der Waals surface area contributed by atoms with Crippen molar-refractivity contribution < 1.29 is 19.8 Å². The molecule has 0 aromatic heterocycles. The Morgan fingerprint density at radius 1 is 1.41 bits per heavy atom. The van der Waals surface area contributed by atoms with Gasteiger partial charge < -0.3 is 15.1 Å². The molecule has 92 valence electrons. The molecule has 1 rings (SSSR count). The monoisotopic (exact) mass is 257 g/mol. The number of carboxylic acid groups (broad SMARTS) is 1. The molecular weight excluding hydrogens is 246 g/mol. The van der Waals surface area contributed by atoms with Gasteiger partial charge >= 0.3 is 5.97 Å². The van der Waals surface area contributed by atoms with Gasteiger partial charge in [-0.05, 0) is 25.1 Å². The molecule has 0 bridgehead atoms. The van der Waals surface area contributed by atoms with Crippen LogP contribution in [-0.2, 0) is 4.79 Å². The Balaban J connectivity index is 2.93. The van der Waals surface area contributed by atoms with Gasteiger partial charge in [0, 0.05) is 12.1 Å². The number of likely N-dealkylation sites (N-methyl/N-ethyl adjacent to an activating group) is 1. The van der Waals surface area contributed by atoms with Gasteiger partial charge in [0.2, 0.25) is 0 Å². The van der Waals surface area contributed by atoms with Gasteiger partial charge in [0.1, 0.15) is 12.3 Å². The highest BCUT2D eigenvalue weighted by molar-refractivity contribution is 6.32. The second kappa shape index (κ2) is 5.54. The molecule has 0 saturated carbocycles. The third-order valence-electron chi connectivity index (χ3n) is 2.19. The lowest BCUT2D eigenvalue weighted by molar-refractivity contribution is -0.137. The van der Waals surface area contributed by atoms with Crippen LogP contribution in [0.25, 0.3) is 0 Å². The van der Waals surface area contributed by atoms with Crippen molar-refractivity contribution in [2.45, 2.75) is 6.92 Å². The molecule has 0 saturated heterocycles. The van der Waals surface area contributed by atoms with Crippen LogP contribution < -0.4 is 0 Å². The minimum absolute atomic E-state index is 0.0576. The maximum atomic E-state index is 11.9. The number of aliphatic carboxylic acids is 1. The van der Waals surface area contributed by atoms with Crippen molar-refractivity contribution in [3.63, 3.8) is 0 Å². The fourth-order valence-electron chi connectivity index (χ4n) is 1.31. The number of carbonyl (C=O) groups is 2. The molecule has 2 N–H and O–H groups in total. The van der Waals surface area contributed by atoms with Crippen molar-refractivity contribution in [1.82, 2.24) is 4.90 Å². The first-order valence-corrected chi connectivity index (χ1v) is 5.33. The van der Waals surface area contributed by atoms with Crippen LogP contribution in [0.1, 0.15) is 17.3 Å². The Bertz CT molecular complexity index is 447. The molecule has 5 nitrogen and oxygen atoms in total. The summed E-state index contributed by atoms with van der Waals surface area (Å²) in [5.74, 6) is -1.63. The highest BCUT2D eigenvalue weighted by Gasteiger charge is 2.17. The maximum Gasteiger partial charge on any atom is 0.323 e. The molecule has 1 amide bonds. The van der Waals surface area contributed by atoms with Crippen LogP contribution in [0.15, 0.2) is 18.2 Å². The number of hydrogen-bond acceptors (Lipinski definition) is 3. The molecule has 0 fully saturated rings. The van der Waals surface area contributed by atoms with Gasteiger partial charge in [0.15, 0.2) is 0 Å². The Morgan fingerprint density at radius 3 is 2.53 bits per heavy atom. The molecule has 0 radical (unpaired) electrons. The van der Waals surface area contributed by atoms with Gasteiger partial charge in [-0.15, -0.1) is 0 Å². The SMILES string of the molecule is CCN(CC(=O)O)C(=O)c1ccc(O)c(Cl)c1. The standard InChI is InChI=1S/C11H12ClNO4/c1-2-13(6-10(15)16)11(17)7-3-4-9(14)8(12)5-7/h3-5,14H,2,6H2,1H3,(H,15,16). The number of aromatic hydroxyl groups is 1. The summed E-state index contributed by atoms with van der Waals surface area (Å²) >= 11 is 5.67. The molecule has 0 aliphatic carbocycles. The Hall–Kier alpha value is -1.75. The van der Waals surface area contributed by atoms with Crippen molar-refractivity contribution in [3.8, 4) is 5.75 Å². The van der Waals surface area contributed by atoms with E-state index in [0.717, 1.165) is 0 Å². The highest BCUT2D eigenvalue weighted by atomic mass is 35.5. The van der Waals surface area contributed by atoms with Crippen LogP contribution >= 0.6 is 11.6 Å². The van der Waals surface area contributed by atoms with E-state index in [-0.39, 0.29) is 29.4 Å². The van der Waals surface area contributed by atoms with Crippen molar-refractivity contribution in [2.75, 3.05) is 13.1 Å². The minimum Gasteiger partial charge on any atom is -0.506 e. The first kappa shape index (κ1) is 13.3. The molecule has 6 heteroatoms. The zero-order valence-corrected chi connectivity index (χ0v) is 9.94. The average Bonchev–Trinajstić information content (AvgIpc) is 2.28. The molecule has 0 spiro atoms. The average molecular weight is 258 g/mol. The minimum atomic E-state index is -1.08. The van der Waals surface area contributed by atoms with Crippen molar-refractivity contribution in [3.05, 3.63) is 28.8 Å². The number of carbonyl (C=O) groups excluding carboxylic acids is 1.